The second-order valence-electron chi connectivity index (χ2n) is 6.13. The Kier molecular flexibility index (Phi) is 4.72. The summed E-state index contributed by atoms with van der Waals surface area (Å²) in [5.74, 6) is -1.40. The molecule has 1 fully saturated rings. The Hall–Kier alpha value is -2.86. The van der Waals surface area contributed by atoms with E-state index in [4.69, 9.17) is 0 Å². The number of benzene rings is 2. The van der Waals surface area contributed by atoms with Gasteiger partial charge in [-0.15, -0.1) is 0 Å². The van der Waals surface area contributed by atoms with Crippen LogP contribution in [0.1, 0.15) is 19.8 Å². The van der Waals surface area contributed by atoms with Crippen molar-refractivity contribution in [3.05, 3.63) is 54.6 Å². The number of anilines is 2. The highest BCUT2D eigenvalue weighted by Gasteiger charge is 2.46. The van der Waals surface area contributed by atoms with Gasteiger partial charge in [-0.25, -0.2) is 10.0 Å². The number of phenolic OH excluding ortho intramolecular Hbond substituents is 1. The molecule has 25 heavy (non-hydrogen) atoms. The van der Waals surface area contributed by atoms with Crippen LogP contribution in [0.25, 0.3) is 0 Å². The SMILES string of the molecule is CC(O)CCC1C(=O)N(c2ccccc2)N(c2ccc(O)cc2)C1=O. The Morgan fingerprint density at radius 3 is 1.96 bits per heavy atom. The zero-order valence-electron chi connectivity index (χ0n) is 13.9. The highest BCUT2D eigenvalue weighted by molar-refractivity contribution is 6.23. The van der Waals surface area contributed by atoms with Gasteiger partial charge in [0.2, 0.25) is 0 Å². The largest absolute Gasteiger partial charge is 0.508 e. The van der Waals surface area contributed by atoms with Crippen molar-refractivity contribution in [3.63, 3.8) is 0 Å². The van der Waals surface area contributed by atoms with E-state index in [0.29, 0.717) is 17.8 Å². The molecule has 130 valence electrons. The predicted molar refractivity (Wildman–Crippen MR) is 93.9 cm³/mol. The molecule has 0 radical (unpaired) electrons. The van der Waals surface area contributed by atoms with Crippen LogP contribution in [0.2, 0.25) is 0 Å². The number of carbonyl (C=O) groups is 2. The lowest BCUT2D eigenvalue weighted by Crippen LogP contribution is -2.41. The summed E-state index contributed by atoms with van der Waals surface area (Å²) >= 11 is 0. The molecule has 6 nitrogen and oxygen atoms in total. The molecule has 2 N–H and O–H groups in total. The molecule has 2 amide bonds. The van der Waals surface area contributed by atoms with Crippen molar-refractivity contribution in [2.24, 2.45) is 5.92 Å². The zero-order valence-corrected chi connectivity index (χ0v) is 13.9. The lowest BCUT2D eigenvalue weighted by Gasteiger charge is -2.27. The Balaban J connectivity index is 2.00. The second-order valence-corrected chi connectivity index (χ2v) is 6.13. The number of para-hydroxylation sites is 1. The fraction of sp³-hybridized carbons (Fsp3) is 0.263. The molecule has 0 saturated carbocycles. The van der Waals surface area contributed by atoms with E-state index in [1.54, 1.807) is 43.3 Å². The number of rotatable bonds is 5. The number of hydrogen-bond donors (Lipinski definition) is 2. The fourth-order valence-electron chi connectivity index (χ4n) is 2.90. The molecule has 0 bridgehead atoms. The van der Waals surface area contributed by atoms with Crippen LogP contribution in [-0.4, -0.2) is 28.1 Å². The van der Waals surface area contributed by atoms with Crippen LogP contribution in [0, 0.1) is 5.92 Å². The molecule has 2 aromatic rings. The molecule has 1 heterocycles. The zero-order chi connectivity index (χ0) is 18.0. The van der Waals surface area contributed by atoms with Gasteiger partial charge in [-0.2, -0.15) is 0 Å². The maximum atomic E-state index is 12.9. The van der Waals surface area contributed by atoms with Crippen LogP contribution >= 0.6 is 0 Å². The van der Waals surface area contributed by atoms with Crippen molar-refractivity contribution in [3.8, 4) is 5.75 Å². The first-order valence-electron chi connectivity index (χ1n) is 8.19. The van der Waals surface area contributed by atoms with Crippen molar-refractivity contribution in [1.82, 2.24) is 0 Å². The lowest BCUT2D eigenvalue weighted by molar-refractivity contribution is -0.127. The first kappa shape index (κ1) is 17.0. The molecule has 3 rings (SSSR count). The van der Waals surface area contributed by atoms with Crippen molar-refractivity contribution >= 4 is 23.2 Å². The quantitative estimate of drug-likeness (QED) is 0.819. The van der Waals surface area contributed by atoms with Gasteiger partial charge < -0.3 is 10.2 Å². The molecule has 2 atom stereocenters. The van der Waals surface area contributed by atoms with Crippen LogP contribution in [0.3, 0.4) is 0 Å². The monoisotopic (exact) mass is 340 g/mol. The van der Waals surface area contributed by atoms with Gasteiger partial charge in [0.25, 0.3) is 11.8 Å². The first-order chi connectivity index (χ1) is 12.0. The molecule has 0 spiro atoms. The van der Waals surface area contributed by atoms with E-state index in [2.05, 4.69) is 0 Å². The van der Waals surface area contributed by atoms with Crippen molar-refractivity contribution in [1.29, 1.82) is 0 Å². The highest BCUT2D eigenvalue weighted by Crippen LogP contribution is 2.34. The molecule has 2 unspecified atom stereocenters. The number of nitrogens with zero attached hydrogens (tertiary/aromatic N) is 2. The van der Waals surface area contributed by atoms with Gasteiger partial charge in [-0.1, -0.05) is 18.2 Å². The van der Waals surface area contributed by atoms with Crippen LogP contribution in [0.5, 0.6) is 5.75 Å². The van der Waals surface area contributed by atoms with E-state index < -0.39 is 12.0 Å². The summed E-state index contributed by atoms with van der Waals surface area (Å²) in [7, 11) is 0. The van der Waals surface area contributed by atoms with E-state index >= 15 is 0 Å². The van der Waals surface area contributed by atoms with Crippen molar-refractivity contribution in [2.75, 3.05) is 10.0 Å². The molecule has 1 aliphatic rings. The number of hydrogen-bond acceptors (Lipinski definition) is 4. The standard InChI is InChI=1S/C19H20N2O4/c1-13(22)7-12-17-18(24)20(14-5-3-2-4-6-14)21(19(17)25)15-8-10-16(23)11-9-15/h2-6,8-11,13,17,22-23H,7,12H2,1H3. The third kappa shape index (κ3) is 3.34. The Bertz CT molecular complexity index is 759. The summed E-state index contributed by atoms with van der Waals surface area (Å²) in [6.07, 6.45) is 0.0787. The highest BCUT2D eigenvalue weighted by atomic mass is 16.3. The minimum Gasteiger partial charge on any atom is -0.508 e. The number of phenols is 1. The topological polar surface area (TPSA) is 81.1 Å². The van der Waals surface area contributed by atoms with Gasteiger partial charge in [0.1, 0.15) is 11.7 Å². The minimum atomic E-state index is -0.830. The maximum Gasteiger partial charge on any atom is 0.258 e. The van der Waals surface area contributed by atoms with Gasteiger partial charge >= 0.3 is 0 Å². The smallest absolute Gasteiger partial charge is 0.258 e. The Labute approximate surface area is 145 Å². The Morgan fingerprint density at radius 1 is 0.920 bits per heavy atom. The average molecular weight is 340 g/mol. The fourth-order valence-corrected chi connectivity index (χ4v) is 2.90. The second kappa shape index (κ2) is 6.94. The van der Waals surface area contributed by atoms with Crippen molar-refractivity contribution < 1.29 is 19.8 Å². The number of aromatic hydroxyl groups is 1. The van der Waals surface area contributed by atoms with Crippen LogP contribution in [-0.2, 0) is 9.59 Å². The van der Waals surface area contributed by atoms with Crippen LogP contribution in [0.4, 0.5) is 11.4 Å². The van der Waals surface area contributed by atoms with Gasteiger partial charge in [0.15, 0.2) is 0 Å². The minimum absolute atomic E-state index is 0.0821. The number of amides is 2. The summed E-state index contributed by atoms with van der Waals surface area (Å²) < 4.78 is 0. The molecule has 2 aromatic carbocycles. The molecule has 1 aliphatic heterocycles. The molecular formula is C19H20N2O4. The van der Waals surface area contributed by atoms with Gasteiger partial charge in [0, 0.05) is 0 Å². The van der Waals surface area contributed by atoms with E-state index in [9.17, 15) is 19.8 Å². The summed E-state index contributed by atoms with van der Waals surface area (Å²) in [6, 6.07) is 15.1. The van der Waals surface area contributed by atoms with E-state index in [-0.39, 0.29) is 24.0 Å². The maximum absolute atomic E-state index is 12.9. The molecule has 1 saturated heterocycles. The number of hydrazine groups is 1. The lowest BCUT2D eigenvalue weighted by atomic mass is 10.0. The third-order valence-corrected chi connectivity index (χ3v) is 4.18. The number of aliphatic hydroxyl groups is 1. The summed E-state index contributed by atoms with van der Waals surface area (Å²) in [5.41, 5.74) is 1.09. The first-order valence-corrected chi connectivity index (χ1v) is 8.19. The summed E-state index contributed by atoms with van der Waals surface area (Å²) in [4.78, 5) is 25.8. The van der Waals surface area contributed by atoms with Crippen LogP contribution in [0.15, 0.2) is 54.6 Å². The molecule has 0 aliphatic carbocycles. The van der Waals surface area contributed by atoms with Gasteiger partial charge in [0.05, 0.1) is 17.5 Å². The molecular weight excluding hydrogens is 320 g/mol. The van der Waals surface area contributed by atoms with Crippen molar-refractivity contribution in [2.45, 2.75) is 25.9 Å². The predicted octanol–water partition coefficient (Wildman–Crippen LogP) is 2.46. The van der Waals surface area contributed by atoms with Gasteiger partial charge in [-0.3, -0.25) is 9.59 Å². The van der Waals surface area contributed by atoms with E-state index in [0.717, 1.165) is 0 Å². The summed E-state index contributed by atoms with van der Waals surface area (Å²) in [6.45, 7) is 1.64. The molecule has 0 aromatic heterocycles. The average Bonchev–Trinajstić information content (AvgIpc) is 2.85. The van der Waals surface area contributed by atoms with E-state index in [1.807, 2.05) is 6.07 Å². The normalized spacial score (nSPS) is 18.7. The summed E-state index contributed by atoms with van der Waals surface area (Å²) in [5, 5.41) is 21.7. The van der Waals surface area contributed by atoms with E-state index in [1.165, 1.54) is 22.2 Å². The third-order valence-electron chi connectivity index (χ3n) is 4.18. The Morgan fingerprint density at radius 2 is 1.44 bits per heavy atom. The van der Waals surface area contributed by atoms with Crippen LogP contribution < -0.4 is 10.0 Å². The van der Waals surface area contributed by atoms with Gasteiger partial charge in [-0.05, 0) is 56.2 Å². The molecule has 6 heteroatoms. The number of aliphatic hydroxyl groups excluding tert-OH is 1. The number of carbonyl (C=O) groups excluding carboxylic acids is 2.